The third kappa shape index (κ3) is 1.48. The van der Waals surface area contributed by atoms with Crippen LogP contribution in [0.4, 0.5) is 0 Å². The fourth-order valence-corrected chi connectivity index (χ4v) is 2.47. The third-order valence-electron chi connectivity index (χ3n) is 2.98. The van der Waals surface area contributed by atoms with Crippen LogP contribution in [0.1, 0.15) is 13.3 Å². The minimum atomic E-state index is 0.270. The molecule has 3 heterocycles. The van der Waals surface area contributed by atoms with Gasteiger partial charge in [-0.1, -0.05) is 6.58 Å². The van der Waals surface area contributed by atoms with Crippen molar-refractivity contribution in [1.82, 2.24) is 9.80 Å². The van der Waals surface area contributed by atoms with Crippen molar-refractivity contribution in [2.45, 2.75) is 25.4 Å². The van der Waals surface area contributed by atoms with Gasteiger partial charge < -0.3 is 4.90 Å². The summed E-state index contributed by atoms with van der Waals surface area (Å²) in [6.45, 7) is 8.13. The van der Waals surface area contributed by atoms with Crippen LogP contribution in [-0.4, -0.2) is 47.3 Å². The first-order valence-corrected chi connectivity index (χ1v) is 4.82. The lowest BCUT2D eigenvalue weighted by atomic mass is 9.88. The Balaban J connectivity index is 1.89. The van der Waals surface area contributed by atoms with Gasteiger partial charge in [0.25, 0.3) is 0 Å². The molecule has 2 unspecified atom stereocenters. The van der Waals surface area contributed by atoms with Crippen LogP contribution >= 0.6 is 0 Å². The number of Topliss-reactive ketones (excluding diaryl/α,β-unsaturated/α-hetero) is 1. The lowest BCUT2D eigenvalue weighted by Crippen LogP contribution is -2.66. The highest BCUT2D eigenvalue weighted by molar-refractivity contribution is 5.77. The summed E-state index contributed by atoms with van der Waals surface area (Å²) in [6.07, 6.45) is 3.21. The van der Waals surface area contributed by atoms with Gasteiger partial charge in [-0.25, -0.2) is 0 Å². The number of nitrogens with zero attached hydrogens (tertiary/aromatic N) is 2. The molecule has 3 saturated heterocycles. The van der Waals surface area contributed by atoms with Gasteiger partial charge in [0, 0.05) is 25.2 Å². The van der Waals surface area contributed by atoms with E-state index in [4.69, 9.17) is 0 Å². The highest BCUT2D eigenvalue weighted by Gasteiger charge is 2.42. The van der Waals surface area contributed by atoms with Crippen LogP contribution in [0.25, 0.3) is 0 Å². The highest BCUT2D eigenvalue weighted by Crippen LogP contribution is 2.31. The van der Waals surface area contributed by atoms with E-state index in [1.807, 2.05) is 6.20 Å². The van der Waals surface area contributed by atoms with E-state index in [0.717, 1.165) is 13.1 Å². The fourth-order valence-electron chi connectivity index (χ4n) is 2.47. The molecule has 72 valence electrons. The number of piperidine rings is 1. The van der Waals surface area contributed by atoms with E-state index < -0.39 is 0 Å². The summed E-state index contributed by atoms with van der Waals surface area (Å²) < 4.78 is 0. The second-order valence-corrected chi connectivity index (χ2v) is 4.07. The number of hydrogen-bond acceptors (Lipinski definition) is 3. The van der Waals surface area contributed by atoms with Gasteiger partial charge in [-0.3, -0.25) is 9.69 Å². The van der Waals surface area contributed by atoms with Gasteiger partial charge in [0.1, 0.15) is 5.78 Å². The quantitative estimate of drug-likeness (QED) is 0.631. The van der Waals surface area contributed by atoms with Crippen molar-refractivity contribution >= 4 is 5.78 Å². The summed E-state index contributed by atoms with van der Waals surface area (Å²) in [7, 11) is 0. The van der Waals surface area contributed by atoms with Crippen molar-refractivity contribution < 1.29 is 4.79 Å². The molecule has 0 aromatic heterocycles. The molecule has 2 bridgehead atoms. The SMILES string of the molecule is C=CN1C2CC1CN(CC(C)=O)C2. The molecule has 3 aliphatic rings. The first-order valence-electron chi connectivity index (χ1n) is 4.82. The number of carbonyl (C=O) groups excluding carboxylic acids is 1. The topological polar surface area (TPSA) is 23.6 Å². The maximum Gasteiger partial charge on any atom is 0.143 e. The monoisotopic (exact) mass is 180 g/mol. The van der Waals surface area contributed by atoms with E-state index in [2.05, 4.69) is 16.4 Å². The van der Waals surface area contributed by atoms with Gasteiger partial charge in [0.15, 0.2) is 0 Å². The minimum absolute atomic E-state index is 0.270. The number of piperazine rings is 1. The van der Waals surface area contributed by atoms with E-state index in [1.54, 1.807) is 6.92 Å². The molecule has 0 aromatic carbocycles. The Hall–Kier alpha value is -0.830. The standard InChI is InChI=1S/C10H16N2O/c1-3-12-9-4-10(12)7-11(6-9)5-8(2)13/h3,9-10H,1,4-7H2,2H3. The van der Waals surface area contributed by atoms with E-state index in [1.165, 1.54) is 6.42 Å². The molecule has 0 N–H and O–H groups in total. The van der Waals surface area contributed by atoms with Crippen LogP contribution in [0, 0.1) is 0 Å². The molecule has 2 atom stereocenters. The van der Waals surface area contributed by atoms with Gasteiger partial charge in [0.05, 0.1) is 6.54 Å². The zero-order chi connectivity index (χ0) is 9.42. The van der Waals surface area contributed by atoms with Crippen molar-refractivity contribution in [3.8, 4) is 0 Å². The Kier molecular flexibility index (Phi) is 2.12. The van der Waals surface area contributed by atoms with Crippen LogP contribution in [-0.2, 0) is 4.79 Å². The van der Waals surface area contributed by atoms with Gasteiger partial charge in [0.2, 0.25) is 0 Å². The van der Waals surface area contributed by atoms with Crippen LogP contribution < -0.4 is 0 Å². The van der Waals surface area contributed by atoms with E-state index in [-0.39, 0.29) is 5.78 Å². The molecule has 3 aliphatic heterocycles. The molecule has 0 amide bonds. The van der Waals surface area contributed by atoms with E-state index in [0.29, 0.717) is 18.6 Å². The highest BCUT2D eigenvalue weighted by atomic mass is 16.1. The summed E-state index contributed by atoms with van der Waals surface area (Å²) in [5, 5.41) is 0. The molecule has 0 spiro atoms. The lowest BCUT2D eigenvalue weighted by Gasteiger charge is -2.56. The van der Waals surface area contributed by atoms with Crippen LogP contribution in [0.2, 0.25) is 0 Å². The molecule has 0 aromatic rings. The van der Waals surface area contributed by atoms with Gasteiger partial charge in [-0.05, 0) is 19.5 Å². The Bertz CT molecular complexity index is 227. The molecule has 0 saturated carbocycles. The molecule has 3 fully saturated rings. The average Bonchev–Trinajstić information content (AvgIpc) is 2.03. The number of fused-ring (bicyclic) bond motifs is 2. The van der Waals surface area contributed by atoms with Gasteiger partial charge in [-0.2, -0.15) is 0 Å². The smallest absolute Gasteiger partial charge is 0.143 e. The predicted molar refractivity (Wildman–Crippen MR) is 51.4 cm³/mol. The third-order valence-corrected chi connectivity index (χ3v) is 2.98. The summed E-state index contributed by atoms with van der Waals surface area (Å²) in [5.41, 5.74) is 0. The molecule has 3 nitrogen and oxygen atoms in total. The van der Waals surface area contributed by atoms with Crippen molar-refractivity contribution in [2.24, 2.45) is 0 Å². The Morgan fingerprint density at radius 3 is 2.62 bits per heavy atom. The summed E-state index contributed by atoms with van der Waals surface area (Å²) in [4.78, 5) is 15.5. The zero-order valence-corrected chi connectivity index (χ0v) is 8.07. The van der Waals surface area contributed by atoms with E-state index >= 15 is 0 Å². The second kappa shape index (κ2) is 3.14. The van der Waals surface area contributed by atoms with E-state index in [9.17, 15) is 4.79 Å². The number of carbonyl (C=O) groups is 1. The molecular formula is C10H16N2O. The molecule has 3 rings (SSSR count). The molecule has 3 heteroatoms. The molecule has 0 radical (unpaired) electrons. The van der Waals surface area contributed by atoms with Crippen molar-refractivity contribution in [1.29, 1.82) is 0 Å². The van der Waals surface area contributed by atoms with Crippen LogP contribution in [0.15, 0.2) is 12.8 Å². The average molecular weight is 180 g/mol. The van der Waals surface area contributed by atoms with Crippen molar-refractivity contribution in [3.63, 3.8) is 0 Å². The Labute approximate surface area is 79.0 Å². The minimum Gasteiger partial charge on any atom is -0.369 e. The number of ketones is 1. The lowest BCUT2D eigenvalue weighted by molar-refractivity contribution is -0.120. The number of hydrogen-bond donors (Lipinski definition) is 0. The predicted octanol–water partition coefficient (Wildman–Crippen LogP) is 0.477. The van der Waals surface area contributed by atoms with Crippen molar-refractivity contribution in [3.05, 3.63) is 12.8 Å². The molecular weight excluding hydrogens is 164 g/mol. The maximum absolute atomic E-state index is 10.9. The normalized spacial score (nSPS) is 32.5. The Morgan fingerprint density at radius 1 is 1.54 bits per heavy atom. The molecule has 13 heavy (non-hydrogen) atoms. The van der Waals surface area contributed by atoms with Gasteiger partial charge in [-0.15, -0.1) is 0 Å². The van der Waals surface area contributed by atoms with Gasteiger partial charge >= 0.3 is 0 Å². The van der Waals surface area contributed by atoms with Crippen molar-refractivity contribution in [2.75, 3.05) is 19.6 Å². The summed E-state index contributed by atoms with van der Waals surface area (Å²) in [6, 6.07) is 1.24. The Morgan fingerprint density at radius 2 is 2.15 bits per heavy atom. The molecule has 0 aliphatic carbocycles. The summed E-state index contributed by atoms with van der Waals surface area (Å²) >= 11 is 0. The largest absolute Gasteiger partial charge is 0.369 e. The number of rotatable bonds is 3. The summed E-state index contributed by atoms with van der Waals surface area (Å²) in [5.74, 6) is 0.270. The first kappa shape index (κ1) is 8.75. The zero-order valence-electron chi connectivity index (χ0n) is 8.07. The van der Waals surface area contributed by atoms with Crippen LogP contribution in [0.3, 0.4) is 0 Å². The van der Waals surface area contributed by atoms with Crippen LogP contribution in [0.5, 0.6) is 0 Å². The second-order valence-electron chi connectivity index (χ2n) is 4.07. The first-order chi connectivity index (χ1) is 6.20. The fraction of sp³-hybridized carbons (Fsp3) is 0.700. The maximum atomic E-state index is 10.9.